The van der Waals surface area contributed by atoms with Gasteiger partial charge in [-0.05, 0) is 82.4 Å². The van der Waals surface area contributed by atoms with E-state index in [4.69, 9.17) is 0 Å². The van der Waals surface area contributed by atoms with Crippen molar-refractivity contribution in [3.8, 4) is 34.0 Å². The third-order valence-electron chi connectivity index (χ3n) is 9.30. The van der Waals surface area contributed by atoms with Crippen LogP contribution < -0.4 is 0 Å². The standard InChI is InChI=1S/C40H24N2S/c1-40(2)33-15-6-3-11-27(33)30-21-32-31-20-24(18-19-37(31)43-38(32)22-34(30)40)26-14-9-10-25(23-41)39(26)42-35-16-7-4-12-28(35)29-13-5-8-17-36(29)42/h3-7,9-16,18-22H,1-2H3. The lowest BCUT2D eigenvalue weighted by atomic mass is 9.82. The Bertz CT molecular complexity index is 2450. The van der Waals surface area contributed by atoms with Crippen molar-refractivity contribution in [1.82, 2.24) is 4.57 Å². The fourth-order valence-electron chi connectivity index (χ4n) is 7.27. The van der Waals surface area contributed by atoms with Crippen molar-refractivity contribution in [3.05, 3.63) is 138 Å². The van der Waals surface area contributed by atoms with Crippen LogP contribution in [0.2, 0.25) is 0 Å². The molecule has 43 heavy (non-hydrogen) atoms. The van der Waals surface area contributed by atoms with Crippen LogP contribution in [-0.4, -0.2) is 4.57 Å². The molecule has 9 rings (SSSR count). The van der Waals surface area contributed by atoms with Crippen molar-refractivity contribution < 1.29 is 0 Å². The molecule has 0 aliphatic heterocycles. The molecule has 8 aromatic rings. The lowest BCUT2D eigenvalue weighted by Crippen LogP contribution is -2.14. The normalized spacial score (nSPS) is 13.3. The number of thiophene rings is 1. The molecule has 2 heterocycles. The number of hydrogen-bond acceptors (Lipinski definition) is 2. The van der Waals surface area contributed by atoms with Crippen LogP contribution in [0.25, 0.3) is 69.9 Å². The predicted molar refractivity (Wildman–Crippen MR) is 179 cm³/mol. The summed E-state index contributed by atoms with van der Waals surface area (Å²) in [5.41, 5.74) is 11.0. The minimum absolute atomic E-state index is 0.0230. The highest BCUT2D eigenvalue weighted by atomic mass is 32.1. The van der Waals surface area contributed by atoms with E-state index in [0.717, 1.165) is 38.6 Å². The molecule has 0 spiro atoms. The average Bonchev–Trinajstić information content (AvgIpc) is 3.65. The molecule has 0 atom stereocenters. The fraction of sp³-hybridized carbons (Fsp3) is 0.0750. The Morgan fingerprint density at radius 2 is 1.51 bits per heavy atom. The molecule has 2 aromatic heterocycles. The number of aromatic nitrogens is 1. The van der Waals surface area contributed by atoms with Gasteiger partial charge in [0.05, 0.1) is 16.8 Å². The monoisotopic (exact) mass is 564 g/mol. The van der Waals surface area contributed by atoms with Crippen LogP contribution in [-0.2, 0) is 5.41 Å². The zero-order chi connectivity index (χ0) is 28.9. The molecule has 3 heteroatoms. The maximum atomic E-state index is 10.3. The van der Waals surface area contributed by atoms with Gasteiger partial charge in [0.15, 0.2) is 0 Å². The number of hydrogen-bond donors (Lipinski definition) is 0. The zero-order valence-corrected chi connectivity index (χ0v) is 24.5. The molecule has 200 valence electrons. The van der Waals surface area contributed by atoms with Gasteiger partial charge in [-0.2, -0.15) is 5.26 Å². The van der Waals surface area contributed by atoms with Gasteiger partial charge >= 0.3 is 0 Å². The first-order valence-electron chi connectivity index (χ1n) is 14.5. The number of rotatable bonds is 2. The fourth-order valence-corrected chi connectivity index (χ4v) is 8.38. The van der Waals surface area contributed by atoms with Crippen LogP contribution in [0.15, 0.2) is 109 Å². The predicted octanol–water partition coefficient (Wildman–Crippen LogP) is 10.6. The van der Waals surface area contributed by atoms with Crippen LogP contribution in [0, 0.1) is 23.5 Å². The number of nitriles is 1. The molecule has 0 saturated carbocycles. The van der Waals surface area contributed by atoms with Gasteiger partial charge in [0.1, 0.15) is 11.6 Å². The van der Waals surface area contributed by atoms with Crippen molar-refractivity contribution in [2.45, 2.75) is 19.3 Å². The number of fused-ring (bicyclic) bond motifs is 9. The van der Waals surface area contributed by atoms with E-state index in [-0.39, 0.29) is 5.41 Å². The van der Waals surface area contributed by atoms with Crippen LogP contribution in [0.4, 0.5) is 0 Å². The summed E-state index contributed by atoms with van der Waals surface area (Å²) in [5.74, 6) is 0. The number of nitrogens with zero attached hydrogens (tertiary/aromatic N) is 2. The smallest absolute Gasteiger partial charge is 0.105 e. The van der Waals surface area contributed by atoms with E-state index in [1.807, 2.05) is 29.5 Å². The first-order chi connectivity index (χ1) is 21.0. The summed E-state index contributed by atoms with van der Waals surface area (Å²) in [6, 6.07) is 47.8. The largest absolute Gasteiger partial charge is 0.300 e. The van der Waals surface area contributed by atoms with Gasteiger partial charge in [-0.25, -0.2) is 0 Å². The number of benzene rings is 5. The summed E-state index contributed by atoms with van der Waals surface area (Å²) >= 11 is 1.86. The average molecular weight is 565 g/mol. The van der Waals surface area contributed by atoms with Crippen molar-refractivity contribution in [1.29, 1.82) is 5.26 Å². The van der Waals surface area contributed by atoms with Gasteiger partial charge in [-0.15, -0.1) is 11.3 Å². The van der Waals surface area contributed by atoms with Gasteiger partial charge < -0.3 is 4.57 Å². The second kappa shape index (κ2) is 8.59. The molecule has 0 radical (unpaired) electrons. The molecular formula is C40H24N2S. The van der Waals surface area contributed by atoms with E-state index in [2.05, 4.69) is 128 Å². The minimum atomic E-state index is -0.0230. The molecule has 0 amide bonds. The summed E-state index contributed by atoms with van der Waals surface area (Å²) in [7, 11) is 0. The highest BCUT2D eigenvalue weighted by Gasteiger charge is 2.35. The van der Waals surface area contributed by atoms with E-state index in [9.17, 15) is 5.26 Å². The quantitative estimate of drug-likeness (QED) is 0.205. The molecule has 2 nitrogen and oxygen atoms in total. The van der Waals surface area contributed by atoms with E-state index in [1.165, 1.54) is 42.4 Å². The Hall–Kier alpha value is -5.35. The first-order valence-corrected chi connectivity index (χ1v) is 15.3. The van der Waals surface area contributed by atoms with Crippen molar-refractivity contribution in [2.24, 2.45) is 0 Å². The second-order valence-electron chi connectivity index (χ2n) is 11.9. The molecule has 6 aromatic carbocycles. The van der Waals surface area contributed by atoms with Crippen molar-refractivity contribution in [2.75, 3.05) is 0 Å². The highest BCUT2D eigenvalue weighted by molar-refractivity contribution is 7.25. The topological polar surface area (TPSA) is 28.7 Å². The van der Waals surface area contributed by atoms with Crippen LogP contribution in [0.3, 0.4) is 0 Å². The Labute approximate surface area is 253 Å². The molecule has 1 aliphatic rings. The Morgan fingerprint density at radius 1 is 0.698 bits per heavy atom. The molecule has 0 saturated heterocycles. The summed E-state index contributed by atoms with van der Waals surface area (Å²) < 4.78 is 4.77. The Balaban J connectivity index is 1.32. The molecule has 1 aliphatic carbocycles. The first kappa shape index (κ1) is 24.3. The third-order valence-corrected chi connectivity index (χ3v) is 10.4. The maximum absolute atomic E-state index is 10.3. The van der Waals surface area contributed by atoms with Gasteiger partial charge in [0, 0.05) is 41.9 Å². The SMILES string of the molecule is CC1(C)c2ccccc2-c2cc3c(cc21)sc1ccc(-c2cccc(C#N)c2-n2c4c#cccc4c4ccccc42)cc13. The molecule has 0 N–H and O–H groups in total. The van der Waals surface area contributed by atoms with E-state index in [0.29, 0.717) is 5.56 Å². The maximum Gasteiger partial charge on any atom is 0.105 e. The van der Waals surface area contributed by atoms with E-state index in [1.54, 1.807) is 0 Å². The van der Waals surface area contributed by atoms with Gasteiger partial charge in [0.2, 0.25) is 0 Å². The van der Waals surface area contributed by atoms with Gasteiger partial charge in [-0.3, -0.25) is 0 Å². The zero-order valence-electron chi connectivity index (χ0n) is 23.7. The van der Waals surface area contributed by atoms with Crippen molar-refractivity contribution in [3.63, 3.8) is 0 Å². The van der Waals surface area contributed by atoms with Gasteiger partial charge in [-0.1, -0.05) is 80.6 Å². The molecule has 0 fully saturated rings. The van der Waals surface area contributed by atoms with Crippen molar-refractivity contribution >= 4 is 53.3 Å². The Kier molecular flexibility index (Phi) is 4.85. The van der Waals surface area contributed by atoms with Crippen LogP contribution in [0.5, 0.6) is 0 Å². The van der Waals surface area contributed by atoms with Gasteiger partial charge in [0.25, 0.3) is 0 Å². The van der Waals surface area contributed by atoms with Crippen LogP contribution in [0.1, 0.15) is 30.5 Å². The molecular weight excluding hydrogens is 541 g/mol. The van der Waals surface area contributed by atoms with E-state index >= 15 is 0 Å². The van der Waals surface area contributed by atoms with Crippen LogP contribution >= 0.6 is 11.3 Å². The summed E-state index contributed by atoms with van der Waals surface area (Å²) in [6.45, 7) is 4.67. The highest BCUT2D eigenvalue weighted by Crippen LogP contribution is 2.51. The Morgan fingerprint density at radius 3 is 2.42 bits per heavy atom. The molecule has 0 unspecified atom stereocenters. The summed E-state index contributed by atoms with van der Waals surface area (Å²) in [4.78, 5) is 0. The summed E-state index contributed by atoms with van der Waals surface area (Å²) in [5, 5.41) is 15.1. The summed E-state index contributed by atoms with van der Waals surface area (Å²) in [6.07, 6.45) is 0. The lowest BCUT2D eigenvalue weighted by Gasteiger charge is -2.21. The minimum Gasteiger partial charge on any atom is -0.300 e. The third kappa shape index (κ3) is 3.23. The lowest BCUT2D eigenvalue weighted by molar-refractivity contribution is 0.661. The molecule has 0 bridgehead atoms. The number of para-hydroxylation sites is 2. The van der Waals surface area contributed by atoms with E-state index < -0.39 is 0 Å². The second-order valence-corrected chi connectivity index (χ2v) is 13.0.